The molecule has 1 saturated heterocycles. The smallest absolute Gasteiger partial charge is 0.357 e. The highest BCUT2D eigenvalue weighted by atomic mass is 19.4. The van der Waals surface area contributed by atoms with Crippen molar-refractivity contribution >= 4 is 11.9 Å². The molecule has 3 N–H and O–H groups in total. The maximum Gasteiger partial charge on any atom is 0.416 e. The van der Waals surface area contributed by atoms with Crippen LogP contribution in [0.25, 0.3) is 0 Å². The summed E-state index contributed by atoms with van der Waals surface area (Å²) in [6.07, 6.45) is -0.482. The summed E-state index contributed by atoms with van der Waals surface area (Å²) in [5.74, 6) is 0.694. The molecule has 3 rings (SSSR count). The minimum Gasteiger partial charge on any atom is -0.357 e. The molecule has 5 nitrogen and oxygen atoms in total. The maximum absolute atomic E-state index is 13.1. The van der Waals surface area contributed by atoms with Crippen molar-refractivity contribution in [1.29, 1.82) is 0 Å². The fourth-order valence-corrected chi connectivity index (χ4v) is 3.77. The van der Waals surface area contributed by atoms with Gasteiger partial charge in [-0.1, -0.05) is 24.6 Å². The molecule has 1 aliphatic heterocycles. The Labute approximate surface area is 163 Å². The zero-order valence-corrected chi connectivity index (χ0v) is 16.0. The van der Waals surface area contributed by atoms with Crippen molar-refractivity contribution in [3.63, 3.8) is 0 Å². The number of benzene rings is 1. The summed E-state index contributed by atoms with van der Waals surface area (Å²) in [6.45, 7) is 3.62. The van der Waals surface area contributed by atoms with Gasteiger partial charge in [-0.2, -0.15) is 13.2 Å². The molecule has 1 aromatic rings. The first-order valence-corrected chi connectivity index (χ1v) is 9.82. The zero-order valence-electron chi connectivity index (χ0n) is 16.0. The maximum atomic E-state index is 13.1. The molecule has 1 saturated carbocycles. The van der Waals surface area contributed by atoms with Crippen molar-refractivity contribution in [2.75, 3.05) is 19.6 Å². The van der Waals surface area contributed by atoms with Crippen molar-refractivity contribution in [2.24, 2.45) is 4.99 Å². The predicted molar refractivity (Wildman–Crippen MR) is 102 cm³/mol. The second-order valence-corrected chi connectivity index (χ2v) is 7.59. The highest BCUT2D eigenvalue weighted by molar-refractivity contribution is 5.81. The normalized spacial score (nSPS) is 22.2. The van der Waals surface area contributed by atoms with Crippen LogP contribution in [0.4, 0.5) is 13.2 Å². The van der Waals surface area contributed by atoms with E-state index in [1.807, 2.05) is 6.92 Å². The standard InChI is InChI=1S/C20H27F3N4O/c1-2-24-18(27-16-7-8-17(28)25-12-16)26-13-19(9-4-10-19)14-5-3-6-15(11-14)20(21,22)23/h3,5-6,11,16H,2,4,7-10,12-13H2,1H3,(H,25,28)(H2,24,26,27). The molecule has 154 valence electrons. The third-order valence-corrected chi connectivity index (χ3v) is 5.60. The molecule has 1 heterocycles. The molecule has 0 bridgehead atoms. The van der Waals surface area contributed by atoms with Gasteiger partial charge in [-0.15, -0.1) is 0 Å². The number of guanidine groups is 1. The Hall–Kier alpha value is -2.25. The Balaban J connectivity index is 1.73. The second kappa shape index (κ2) is 8.41. The van der Waals surface area contributed by atoms with Crippen LogP contribution in [0.2, 0.25) is 0 Å². The quantitative estimate of drug-likeness (QED) is 0.530. The lowest BCUT2D eigenvalue weighted by atomic mass is 9.64. The second-order valence-electron chi connectivity index (χ2n) is 7.59. The molecule has 1 amide bonds. The lowest BCUT2D eigenvalue weighted by Crippen LogP contribution is -2.51. The first-order valence-electron chi connectivity index (χ1n) is 9.82. The average molecular weight is 396 g/mol. The molecule has 2 aliphatic rings. The average Bonchev–Trinajstić information content (AvgIpc) is 2.62. The van der Waals surface area contributed by atoms with Gasteiger partial charge in [-0.3, -0.25) is 9.79 Å². The summed E-state index contributed by atoms with van der Waals surface area (Å²) in [4.78, 5) is 16.0. The number of piperidine rings is 1. The number of rotatable bonds is 5. The highest BCUT2D eigenvalue weighted by Crippen LogP contribution is 2.45. The van der Waals surface area contributed by atoms with Gasteiger partial charge >= 0.3 is 6.18 Å². The predicted octanol–water partition coefficient (Wildman–Crippen LogP) is 2.96. The highest BCUT2D eigenvalue weighted by Gasteiger charge is 2.40. The van der Waals surface area contributed by atoms with Crippen LogP contribution < -0.4 is 16.0 Å². The molecule has 0 aromatic heterocycles. The molecular weight excluding hydrogens is 369 g/mol. The van der Waals surface area contributed by atoms with Crippen LogP contribution in [0.3, 0.4) is 0 Å². The van der Waals surface area contributed by atoms with E-state index in [0.29, 0.717) is 37.6 Å². The van der Waals surface area contributed by atoms with Crippen molar-refractivity contribution in [1.82, 2.24) is 16.0 Å². The topological polar surface area (TPSA) is 65.5 Å². The van der Waals surface area contributed by atoms with Crippen LogP contribution in [0.1, 0.15) is 50.2 Å². The van der Waals surface area contributed by atoms with E-state index < -0.39 is 11.7 Å². The van der Waals surface area contributed by atoms with Crippen LogP contribution in [0.15, 0.2) is 29.3 Å². The lowest BCUT2D eigenvalue weighted by Gasteiger charge is -2.41. The van der Waals surface area contributed by atoms with Crippen LogP contribution >= 0.6 is 0 Å². The Morgan fingerprint density at radius 2 is 2.14 bits per heavy atom. The monoisotopic (exact) mass is 396 g/mol. The minimum absolute atomic E-state index is 0.0537. The fourth-order valence-electron chi connectivity index (χ4n) is 3.77. The van der Waals surface area contributed by atoms with Gasteiger partial charge in [0.25, 0.3) is 0 Å². The molecule has 1 atom stereocenters. The van der Waals surface area contributed by atoms with Gasteiger partial charge in [0.1, 0.15) is 0 Å². The van der Waals surface area contributed by atoms with Crippen molar-refractivity contribution < 1.29 is 18.0 Å². The molecule has 28 heavy (non-hydrogen) atoms. The Morgan fingerprint density at radius 3 is 2.71 bits per heavy atom. The Kier molecular flexibility index (Phi) is 6.15. The third-order valence-electron chi connectivity index (χ3n) is 5.60. The third kappa shape index (κ3) is 4.77. The number of nitrogens with zero attached hydrogens (tertiary/aromatic N) is 1. The number of halogens is 3. The summed E-state index contributed by atoms with van der Waals surface area (Å²) in [7, 11) is 0. The van der Waals surface area contributed by atoms with Gasteiger partial charge < -0.3 is 16.0 Å². The molecular formula is C20H27F3N4O. The van der Waals surface area contributed by atoms with Gasteiger partial charge in [0, 0.05) is 31.0 Å². The van der Waals surface area contributed by atoms with Crippen LogP contribution in [-0.4, -0.2) is 37.5 Å². The zero-order chi connectivity index (χ0) is 20.2. The molecule has 2 fully saturated rings. The fraction of sp³-hybridized carbons (Fsp3) is 0.600. The number of nitrogens with one attached hydrogen (secondary N) is 3. The van der Waals surface area contributed by atoms with Crippen LogP contribution in [-0.2, 0) is 16.4 Å². The largest absolute Gasteiger partial charge is 0.416 e. The van der Waals surface area contributed by atoms with Gasteiger partial charge in [0.05, 0.1) is 12.1 Å². The minimum atomic E-state index is -4.34. The van der Waals surface area contributed by atoms with Gasteiger partial charge in [0.2, 0.25) is 5.91 Å². The first-order chi connectivity index (χ1) is 13.3. The molecule has 1 aliphatic carbocycles. The summed E-state index contributed by atoms with van der Waals surface area (Å²) < 4.78 is 39.3. The van der Waals surface area contributed by atoms with Crippen molar-refractivity contribution in [3.8, 4) is 0 Å². The summed E-state index contributed by atoms with van der Waals surface area (Å²) in [5, 5.41) is 9.35. The van der Waals surface area contributed by atoms with E-state index >= 15 is 0 Å². The van der Waals surface area contributed by atoms with E-state index in [0.717, 1.165) is 31.7 Å². The molecule has 0 radical (unpaired) electrons. The Bertz CT molecular complexity index is 718. The summed E-state index contributed by atoms with van der Waals surface area (Å²) in [6, 6.07) is 5.74. The Morgan fingerprint density at radius 1 is 1.36 bits per heavy atom. The van der Waals surface area contributed by atoms with Gasteiger partial charge in [-0.25, -0.2) is 0 Å². The van der Waals surface area contributed by atoms with E-state index in [1.54, 1.807) is 6.07 Å². The number of alkyl halides is 3. The SMILES string of the molecule is CCNC(=NCC1(c2cccc(C(F)(F)F)c2)CCC1)NC1CCC(=O)NC1. The number of amides is 1. The van der Waals surface area contributed by atoms with E-state index in [-0.39, 0.29) is 17.4 Å². The number of aliphatic imine (C=N–C) groups is 1. The molecule has 1 unspecified atom stereocenters. The number of hydrogen-bond acceptors (Lipinski definition) is 2. The van der Waals surface area contributed by atoms with Crippen molar-refractivity contribution in [2.45, 2.75) is 56.7 Å². The van der Waals surface area contributed by atoms with Crippen LogP contribution in [0.5, 0.6) is 0 Å². The van der Waals surface area contributed by atoms with E-state index in [1.165, 1.54) is 12.1 Å². The molecule has 1 aromatic carbocycles. The molecule has 8 heteroatoms. The van der Waals surface area contributed by atoms with E-state index in [4.69, 9.17) is 0 Å². The van der Waals surface area contributed by atoms with Crippen LogP contribution in [0, 0.1) is 0 Å². The summed E-state index contributed by atoms with van der Waals surface area (Å²) in [5.41, 5.74) is -0.244. The van der Waals surface area contributed by atoms with E-state index in [2.05, 4.69) is 20.9 Å². The lowest BCUT2D eigenvalue weighted by molar-refractivity contribution is -0.137. The van der Waals surface area contributed by atoms with Gasteiger partial charge in [-0.05, 0) is 37.8 Å². The number of hydrogen-bond donors (Lipinski definition) is 3. The number of carbonyl (C=O) groups is 1. The van der Waals surface area contributed by atoms with Gasteiger partial charge in [0.15, 0.2) is 5.96 Å². The number of carbonyl (C=O) groups excluding carboxylic acids is 1. The summed E-state index contributed by atoms with van der Waals surface area (Å²) >= 11 is 0. The van der Waals surface area contributed by atoms with Crippen molar-refractivity contribution in [3.05, 3.63) is 35.4 Å². The molecule has 0 spiro atoms. The van der Waals surface area contributed by atoms with E-state index in [9.17, 15) is 18.0 Å². The first kappa shape index (κ1) is 20.5.